The molecule has 0 fully saturated rings. The van der Waals surface area contributed by atoms with Crippen LogP contribution in [0.5, 0.6) is 0 Å². The zero-order valence-electron chi connectivity index (χ0n) is 11.8. The number of hydrogen-bond donors (Lipinski definition) is 1. The van der Waals surface area contributed by atoms with Crippen LogP contribution in [-0.4, -0.2) is 18.4 Å². The summed E-state index contributed by atoms with van der Waals surface area (Å²) in [4.78, 5) is 25.0. The van der Waals surface area contributed by atoms with E-state index in [-0.39, 0.29) is 18.4 Å². The Balaban J connectivity index is 2.07. The zero-order valence-corrected chi connectivity index (χ0v) is 12.6. The van der Waals surface area contributed by atoms with Crippen LogP contribution >= 0.6 is 11.6 Å². The number of anilines is 2. The Labute approximate surface area is 132 Å². The van der Waals surface area contributed by atoms with Gasteiger partial charge in [-0.15, -0.1) is 0 Å². The highest BCUT2D eigenvalue weighted by Gasteiger charge is 2.16. The SMILES string of the molecule is CC(=O)N(CC(=O)Nc1ccc(Cl)cc1)c1ccc(F)cc1. The van der Waals surface area contributed by atoms with E-state index in [2.05, 4.69) is 5.32 Å². The fourth-order valence-corrected chi connectivity index (χ4v) is 2.01. The highest BCUT2D eigenvalue weighted by molar-refractivity contribution is 6.30. The molecule has 0 heterocycles. The summed E-state index contributed by atoms with van der Waals surface area (Å²) < 4.78 is 12.9. The van der Waals surface area contributed by atoms with Gasteiger partial charge in [0.15, 0.2) is 0 Å². The van der Waals surface area contributed by atoms with Gasteiger partial charge >= 0.3 is 0 Å². The van der Waals surface area contributed by atoms with Gasteiger partial charge in [-0.2, -0.15) is 0 Å². The number of hydrogen-bond acceptors (Lipinski definition) is 2. The molecule has 0 aliphatic rings. The van der Waals surface area contributed by atoms with Crippen LogP contribution in [0.25, 0.3) is 0 Å². The zero-order chi connectivity index (χ0) is 16.1. The minimum atomic E-state index is -0.405. The van der Waals surface area contributed by atoms with E-state index in [1.807, 2.05) is 0 Å². The molecular formula is C16H14ClFN2O2. The molecule has 114 valence electrons. The van der Waals surface area contributed by atoms with Crippen molar-refractivity contribution >= 4 is 34.8 Å². The van der Waals surface area contributed by atoms with E-state index in [0.717, 1.165) is 0 Å². The van der Waals surface area contributed by atoms with E-state index in [9.17, 15) is 14.0 Å². The predicted octanol–water partition coefficient (Wildman–Crippen LogP) is 3.47. The molecule has 0 saturated carbocycles. The average molecular weight is 321 g/mol. The van der Waals surface area contributed by atoms with Crippen LogP contribution < -0.4 is 10.2 Å². The van der Waals surface area contributed by atoms with Crippen LogP contribution in [0.1, 0.15) is 6.92 Å². The number of benzene rings is 2. The van der Waals surface area contributed by atoms with Crippen LogP contribution in [0, 0.1) is 5.82 Å². The van der Waals surface area contributed by atoms with Crippen molar-refractivity contribution in [3.63, 3.8) is 0 Å². The number of halogens is 2. The molecule has 2 amide bonds. The molecule has 0 unspecified atom stereocenters. The molecule has 4 nitrogen and oxygen atoms in total. The third-order valence-corrected chi connectivity index (χ3v) is 3.20. The van der Waals surface area contributed by atoms with E-state index >= 15 is 0 Å². The molecule has 0 bridgehead atoms. The van der Waals surface area contributed by atoms with Gasteiger partial charge < -0.3 is 10.2 Å². The van der Waals surface area contributed by atoms with Crippen LogP contribution in [0.3, 0.4) is 0 Å². The number of nitrogens with zero attached hydrogens (tertiary/aromatic N) is 1. The standard InChI is InChI=1S/C16H14ClFN2O2/c1-11(21)20(15-8-4-13(18)5-9-15)10-16(22)19-14-6-2-12(17)3-7-14/h2-9H,10H2,1H3,(H,19,22). The first kappa shape index (κ1) is 16.0. The summed E-state index contributed by atoms with van der Waals surface area (Å²) in [6.07, 6.45) is 0. The molecular weight excluding hydrogens is 307 g/mol. The molecule has 2 aromatic rings. The van der Waals surface area contributed by atoms with E-state index in [1.54, 1.807) is 24.3 Å². The Hall–Kier alpha value is -2.40. The summed E-state index contributed by atoms with van der Waals surface area (Å²) in [6.45, 7) is 1.18. The van der Waals surface area contributed by atoms with Crippen molar-refractivity contribution in [2.24, 2.45) is 0 Å². The minimum absolute atomic E-state index is 0.163. The molecule has 0 aliphatic carbocycles. The number of carbonyl (C=O) groups is 2. The van der Waals surface area contributed by atoms with E-state index in [4.69, 9.17) is 11.6 Å². The van der Waals surface area contributed by atoms with Gasteiger partial charge in [0.05, 0.1) is 0 Å². The van der Waals surface area contributed by atoms with Crippen LogP contribution in [-0.2, 0) is 9.59 Å². The van der Waals surface area contributed by atoms with E-state index in [1.165, 1.54) is 36.1 Å². The summed E-state index contributed by atoms with van der Waals surface area (Å²) in [7, 11) is 0. The average Bonchev–Trinajstić information content (AvgIpc) is 2.48. The van der Waals surface area contributed by atoms with Crippen molar-refractivity contribution in [1.82, 2.24) is 0 Å². The second kappa shape index (κ2) is 7.04. The highest BCUT2D eigenvalue weighted by Crippen LogP contribution is 2.16. The third kappa shape index (κ3) is 4.30. The quantitative estimate of drug-likeness (QED) is 0.937. The molecule has 0 spiro atoms. The fraction of sp³-hybridized carbons (Fsp3) is 0.125. The van der Waals surface area contributed by atoms with E-state index in [0.29, 0.717) is 16.4 Å². The van der Waals surface area contributed by atoms with E-state index < -0.39 is 5.82 Å². The summed E-state index contributed by atoms with van der Waals surface area (Å²) in [5.74, 6) is -1.07. The topological polar surface area (TPSA) is 49.4 Å². The maximum absolute atomic E-state index is 12.9. The Morgan fingerprint density at radius 2 is 1.68 bits per heavy atom. The second-order valence-corrected chi connectivity index (χ2v) is 5.07. The number of rotatable bonds is 4. The van der Waals surface area contributed by atoms with Crippen molar-refractivity contribution in [1.29, 1.82) is 0 Å². The van der Waals surface area contributed by atoms with Crippen molar-refractivity contribution in [2.45, 2.75) is 6.92 Å². The third-order valence-electron chi connectivity index (χ3n) is 2.95. The van der Waals surface area contributed by atoms with Gasteiger partial charge in [-0.25, -0.2) is 4.39 Å². The molecule has 2 aromatic carbocycles. The maximum atomic E-state index is 12.9. The molecule has 6 heteroatoms. The molecule has 0 aromatic heterocycles. The number of amides is 2. The Morgan fingerprint density at radius 1 is 1.09 bits per heavy atom. The van der Waals surface area contributed by atoms with Gasteiger partial charge in [0.2, 0.25) is 11.8 Å². The van der Waals surface area contributed by atoms with Crippen molar-refractivity contribution in [3.05, 3.63) is 59.4 Å². The normalized spacial score (nSPS) is 10.1. The summed E-state index contributed by atoms with van der Waals surface area (Å²) in [5, 5.41) is 3.23. The Kier molecular flexibility index (Phi) is 5.12. The van der Waals surface area contributed by atoms with Crippen molar-refractivity contribution < 1.29 is 14.0 Å². The van der Waals surface area contributed by atoms with Crippen LogP contribution in [0.15, 0.2) is 48.5 Å². The molecule has 0 atom stereocenters. The number of nitrogens with one attached hydrogen (secondary N) is 1. The summed E-state index contributed by atoms with van der Waals surface area (Å²) in [5.41, 5.74) is 1.04. The number of carbonyl (C=O) groups excluding carboxylic acids is 2. The van der Waals surface area contributed by atoms with Crippen molar-refractivity contribution in [2.75, 3.05) is 16.8 Å². The van der Waals surface area contributed by atoms with Gasteiger partial charge in [0.25, 0.3) is 0 Å². The smallest absolute Gasteiger partial charge is 0.244 e. The lowest BCUT2D eigenvalue weighted by atomic mass is 10.2. The summed E-state index contributed by atoms with van der Waals surface area (Å²) >= 11 is 5.77. The summed E-state index contributed by atoms with van der Waals surface area (Å²) in [6, 6.07) is 12.0. The first-order valence-corrected chi connectivity index (χ1v) is 6.92. The van der Waals surface area contributed by atoms with Gasteiger partial charge in [-0.3, -0.25) is 9.59 Å². The predicted molar refractivity (Wildman–Crippen MR) is 84.5 cm³/mol. The molecule has 22 heavy (non-hydrogen) atoms. The van der Waals surface area contributed by atoms with Gasteiger partial charge in [-0.05, 0) is 48.5 Å². The Morgan fingerprint density at radius 3 is 2.23 bits per heavy atom. The molecule has 0 aliphatic heterocycles. The first-order chi connectivity index (χ1) is 10.5. The lowest BCUT2D eigenvalue weighted by Crippen LogP contribution is -2.36. The van der Waals surface area contributed by atoms with Gasteiger partial charge in [-0.1, -0.05) is 11.6 Å². The largest absolute Gasteiger partial charge is 0.325 e. The van der Waals surface area contributed by atoms with Crippen molar-refractivity contribution in [3.8, 4) is 0 Å². The van der Waals surface area contributed by atoms with Gasteiger partial charge in [0, 0.05) is 23.3 Å². The second-order valence-electron chi connectivity index (χ2n) is 4.64. The molecule has 1 N–H and O–H groups in total. The lowest BCUT2D eigenvalue weighted by molar-refractivity contribution is -0.120. The highest BCUT2D eigenvalue weighted by atomic mass is 35.5. The lowest BCUT2D eigenvalue weighted by Gasteiger charge is -2.20. The van der Waals surface area contributed by atoms with Crippen LogP contribution in [0.4, 0.5) is 15.8 Å². The minimum Gasteiger partial charge on any atom is -0.325 e. The Bertz CT molecular complexity index is 672. The monoisotopic (exact) mass is 320 g/mol. The fourth-order valence-electron chi connectivity index (χ4n) is 1.88. The van der Waals surface area contributed by atoms with Gasteiger partial charge in [0.1, 0.15) is 12.4 Å². The molecule has 2 rings (SSSR count). The maximum Gasteiger partial charge on any atom is 0.244 e. The van der Waals surface area contributed by atoms with Crippen LogP contribution in [0.2, 0.25) is 5.02 Å². The molecule has 0 saturated heterocycles. The molecule has 0 radical (unpaired) electrons. The first-order valence-electron chi connectivity index (χ1n) is 6.55.